The highest BCUT2D eigenvalue weighted by atomic mass is 16.5. The van der Waals surface area contributed by atoms with Crippen molar-refractivity contribution in [2.75, 3.05) is 20.2 Å². The predicted molar refractivity (Wildman–Crippen MR) is 64.1 cm³/mol. The van der Waals surface area contributed by atoms with E-state index >= 15 is 0 Å². The van der Waals surface area contributed by atoms with E-state index in [1.165, 1.54) is 0 Å². The van der Waals surface area contributed by atoms with Gasteiger partial charge in [0.2, 0.25) is 5.89 Å². The summed E-state index contributed by atoms with van der Waals surface area (Å²) >= 11 is 0. The molecule has 17 heavy (non-hydrogen) atoms. The standard InChI is InChI=1S/C13H14N2O2/c1-16-11-4-2-9(3-5-11)12-8-15-13(17-12)10-6-14-7-10/h2-5,8,10,14H,6-7H2,1H3. The highest BCUT2D eigenvalue weighted by molar-refractivity contribution is 5.57. The topological polar surface area (TPSA) is 47.3 Å². The van der Waals surface area contributed by atoms with Crippen LogP contribution in [0, 0.1) is 0 Å². The Balaban J connectivity index is 1.84. The van der Waals surface area contributed by atoms with Crippen LogP contribution in [0.4, 0.5) is 0 Å². The summed E-state index contributed by atoms with van der Waals surface area (Å²) in [6, 6.07) is 7.79. The number of aromatic nitrogens is 1. The van der Waals surface area contributed by atoms with Crippen molar-refractivity contribution in [2.24, 2.45) is 0 Å². The molecule has 0 bridgehead atoms. The van der Waals surface area contributed by atoms with Gasteiger partial charge in [-0.15, -0.1) is 0 Å². The molecule has 0 unspecified atom stereocenters. The lowest BCUT2D eigenvalue weighted by Crippen LogP contribution is -2.40. The number of rotatable bonds is 3. The first-order valence-corrected chi connectivity index (χ1v) is 5.67. The van der Waals surface area contributed by atoms with Gasteiger partial charge in [-0.25, -0.2) is 4.98 Å². The van der Waals surface area contributed by atoms with Crippen molar-refractivity contribution in [3.63, 3.8) is 0 Å². The summed E-state index contributed by atoms with van der Waals surface area (Å²) in [7, 11) is 1.66. The molecule has 1 N–H and O–H groups in total. The van der Waals surface area contributed by atoms with E-state index in [1.807, 2.05) is 24.3 Å². The van der Waals surface area contributed by atoms with Crippen LogP contribution in [-0.4, -0.2) is 25.2 Å². The average molecular weight is 230 g/mol. The van der Waals surface area contributed by atoms with E-state index in [0.29, 0.717) is 5.92 Å². The van der Waals surface area contributed by atoms with Crippen molar-refractivity contribution in [1.82, 2.24) is 10.3 Å². The molecular formula is C13H14N2O2. The molecular weight excluding hydrogens is 216 g/mol. The number of oxazole rings is 1. The molecule has 0 amide bonds. The Morgan fingerprint density at radius 1 is 1.29 bits per heavy atom. The summed E-state index contributed by atoms with van der Waals surface area (Å²) in [4.78, 5) is 4.32. The molecule has 1 fully saturated rings. The van der Waals surface area contributed by atoms with Crippen molar-refractivity contribution in [3.05, 3.63) is 36.4 Å². The Labute approximate surface area is 99.6 Å². The summed E-state index contributed by atoms with van der Waals surface area (Å²) < 4.78 is 10.9. The van der Waals surface area contributed by atoms with Crippen molar-refractivity contribution in [2.45, 2.75) is 5.92 Å². The molecule has 1 aromatic carbocycles. The number of hydrogen-bond donors (Lipinski definition) is 1. The Bertz CT molecular complexity index is 500. The molecule has 4 nitrogen and oxygen atoms in total. The van der Waals surface area contributed by atoms with Crippen LogP contribution in [-0.2, 0) is 0 Å². The predicted octanol–water partition coefficient (Wildman–Crippen LogP) is 2.04. The fourth-order valence-electron chi connectivity index (χ4n) is 1.83. The molecule has 1 saturated heterocycles. The van der Waals surface area contributed by atoms with Crippen LogP contribution in [0.5, 0.6) is 5.75 Å². The molecule has 88 valence electrons. The molecule has 1 aromatic heterocycles. The average Bonchev–Trinajstić information content (AvgIpc) is 2.76. The molecule has 1 aliphatic rings. The summed E-state index contributed by atoms with van der Waals surface area (Å²) in [6.07, 6.45) is 1.79. The first-order valence-electron chi connectivity index (χ1n) is 5.67. The lowest BCUT2D eigenvalue weighted by Gasteiger charge is -2.23. The maximum atomic E-state index is 5.76. The van der Waals surface area contributed by atoms with Gasteiger partial charge in [0.1, 0.15) is 5.75 Å². The Hall–Kier alpha value is -1.81. The van der Waals surface area contributed by atoms with E-state index in [1.54, 1.807) is 13.3 Å². The Kier molecular flexibility index (Phi) is 2.57. The third kappa shape index (κ3) is 1.91. The number of benzene rings is 1. The quantitative estimate of drug-likeness (QED) is 0.876. The molecule has 2 aromatic rings. The minimum Gasteiger partial charge on any atom is -0.497 e. The molecule has 1 aliphatic heterocycles. The van der Waals surface area contributed by atoms with E-state index in [4.69, 9.17) is 9.15 Å². The lowest BCUT2D eigenvalue weighted by atomic mass is 10.0. The van der Waals surface area contributed by atoms with Crippen molar-refractivity contribution < 1.29 is 9.15 Å². The second kappa shape index (κ2) is 4.22. The molecule has 0 saturated carbocycles. The van der Waals surface area contributed by atoms with E-state index in [-0.39, 0.29) is 0 Å². The minimum atomic E-state index is 0.432. The third-order valence-corrected chi connectivity index (χ3v) is 3.03. The van der Waals surface area contributed by atoms with Gasteiger partial charge < -0.3 is 14.5 Å². The van der Waals surface area contributed by atoms with Crippen LogP contribution in [0.1, 0.15) is 11.8 Å². The van der Waals surface area contributed by atoms with Crippen molar-refractivity contribution >= 4 is 0 Å². The summed E-state index contributed by atoms with van der Waals surface area (Å²) in [5, 5.41) is 3.21. The normalized spacial score (nSPS) is 15.6. The highest BCUT2D eigenvalue weighted by Crippen LogP contribution is 2.26. The fraction of sp³-hybridized carbons (Fsp3) is 0.308. The van der Waals surface area contributed by atoms with Crippen LogP contribution >= 0.6 is 0 Å². The van der Waals surface area contributed by atoms with E-state index in [9.17, 15) is 0 Å². The first-order chi connectivity index (χ1) is 8.36. The highest BCUT2D eigenvalue weighted by Gasteiger charge is 2.23. The second-order valence-electron chi connectivity index (χ2n) is 4.15. The summed E-state index contributed by atoms with van der Waals surface area (Å²) in [5.74, 6) is 2.92. The van der Waals surface area contributed by atoms with Crippen LogP contribution in [0.3, 0.4) is 0 Å². The van der Waals surface area contributed by atoms with Crippen molar-refractivity contribution in [1.29, 1.82) is 0 Å². The Morgan fingerprint density at radius 2 is 2.06 bits per heavy atom. The monoisotopic (exact) mass is 230 g/mol. The Morgan fingerprint density at radius 3 is 2.65 bits per heavy atom. The molecule has 2 heterocycles. The van der Waals surface area contributed by atoms with Gasteiger partial charge in [0.25, 0.3) is 0 Å². The van der Waals surface area contributed by atoms with Crippen LogP contribution in [0.15, 0.2) is 34.9 Å². The molecule has 0 radical (unpaired) electrons. The second-order valence-corrected chi connectivity index (χ2v) is 4.15. The van der Waals surface area contributed by atoms with Crippen LogP contribution in [0.25, 0.3) is 11.3 Å². The number of hydrogen-bond acceptors (Lipinski definition) is 4. The minimum absolute atomic E-state index is 0.432. The van der Waals surface area contributed by atoms with Gasteiger partial charge in [-0.2, -0.15) is 0 Å². The van der Waals surface area contributed by atoms with Gasteiger partial charge in [-0.3, -0.25) is 0 Å². The van der Waals surface area contributed by atoms with Gasteiger partial charge in [-0.05, 0) is 24.3 Å². The smallest absolute Gasteiger partial charge is 0.200 e. The van der Waals surface area contributed by atoms with Gasteiger partial charge in [-0.1, -0.05) is 0 Å². The van der Waals surface area contributed by atoms with Gasteiger partial charge >= 0.3 is 0 Å². The molecule has 0 atom stereocenters. The molecule has 0 aliphatic carbocycles. The van der Waals surface area contributed by atoms with Gasteiger partial charge in [0, 0.05) is 18.7 Å². The van der Waals surface area contributed by atoms with E-state index < -0.39 is 0 Å². The zero-order chi connectivity index (χ0) is 11.7. The third-order valence-electron chi connectivity index (χ3n) is 3.03. The largest absolute Gasteiger partial charge is 0.497 e. The number of ether oxygens (including phenoxy) is 1. The maximum absolute atomic E-state index is 5.76. The number of nitrogens with zero attached hydrogens (tertiary/aromatic N) is 1. The van der Waals surface area contributed by atoms with Crippen LogP contribution in [0.2, 0.25) is 0 Å². The first kappa shape index (κ1) is 10.4. The van der Waals surface area contributed by atoms with E-state index in [2.05, 4.69) is 10.3 Å². The fourth-order valence-corrected chi connectivity index (χ4v) is 1.83. The summed E-state index contributed by atoms with van der Waals surface area (Å²) in [6.45, 7) is 1.92. The number of nitrogens with one attached hydrogen (secondary N) is 1. The van der Waals surface area contributed by atoms with Crippen LogP contribution < -0.4 is 10.1 Å². The zero-order valence-corrected chi connectivity index (χ0v) is 9.64. The molecule has 0 spiro atoms. The number of methoxy groups -OCH3 is 1. The van der Waals surface area contributed by atoms with Gasteiger partial charge in [0.15, 0.2) is 5.76 Å². The van der Waals surface area contributed by atoms with Crippen molar-refractivity contribution in [3.8, 4) is 17.1 Å². The SMILES string of the molecule is COc1ccc(-c2cnc(C3CNC3)o2)cc1. The van der Waals surface area contributed by atoms with E-state index in [0.717, 1.165) is 36.1 Å². The molecule has 4 heteroatoms. The zero-order valence-electron chi connectivity index (χ0n) is 9.64. The lowest BCUT2D eigenvalue weighted by molar-refractivity contribution is 0.361. The molecule has 3 rings (SSSR count). The van der Waals surface area contributed by atoms with Gasteiger partial charge in [0.05, 0.1) is 19.2 Å². The maximum Gasteiger partial charge on any atom is 0.200 e. The summed E-state index contributed by atoms with van der Waals surface area (Å²) in [5.41, 5.74) is 1.02.